The molecule has 2 fully saturated rings. The molecule has 0 bridgehead atoms. The second kappa shape index (κ2) is 6.21. The summed E-state index contributed by atoms with van der Waals surface area (Å²) in [5, 5.41) is 6.45. The number of rotatable bonds is 3. The van der Waals surface area contributed by atoms with Crippen molar-refractivity contribution in [3.05, 3.63) is 0 Å². The third-order valence-electron chi connectivity index (χ3n) is 3.51. The van der Waals surface area contributed by atoms with Gasteiger partial charge in [-0.15, -0.1) is 0 Å². The molecule has 0 spiro atoms. The zero-order valence-electron chi connectivity index (χ0n) is 10.6. The molecule has 0 radical (unpaired) electrons. The molecule has 0 aromatic rings. The molecule has 98 valence electrons. The number of ether oxygens (including phenoxy) is 1. The Morgan fingerprint density at radius 1 is 1.47 bits per heavy atom. The summed E-state index contributed by atoms with van der Waals surface area (Å²) in [6, 6.07) is 0.677. The van der Waals surface area contributed by atoms with E-state index in [2.05, 4.69) is 10.6 Å². The molecule has 5 heteroatoms. The van der Waals surface area contributed by atoms with Gasteiger partial charge in [0, 0.05) is 26.2 Å². The average molecular weight is 241 g/mol. The van der Waals surface area contributed by atoms with E-state index in [1.165, 1.54) is 19.3 Å². The molecule has 17 heavy (non-hydrogen) atoms. The molecule has 2 atom stereocenters. The molecule has 2 amide bonds. The Morgan fingerprint density at radius 2 is 2.35 bits per heavy atom. The number of likely N-dealkylation sites (N-methyl/N-ethyl adjacent to an activating group) is 1. The molecule has 2 heterocycles. The van der Waals surface area contributed by atoms with Crippen LogP contribution in [0.15, 0.2) is 0 Å². The van der Waals surface area contributed by atoms with Gasteiger partial charge in [0.05, 0.1) is 12.6 Å². The Morgan fingerprint density at radius 3 is 3.00 bits per heavy atom. The Hall–Kier alpha value is -0.810. The minimum absolute atomic E-state index is 0.0212. The standard InChI is InChI=1S/C12H23N3O2/c1-15(8-10-4-2-3-6-13-10)12(16)14-11-5-7-17-9-11/h10-11,13H,2-9H2,1H3,(H,14,16). The van der Waals surface area contributed by atoms with E-state index in [1.54, 1.807) is 4.90 Å². The largest absolute Gasteiger partial charge is 0.379 e. The van der Waals surface area contributed by atoms with Crippen molar-refractivity contribution in [2.75, 3.05) is 33.4 Å². The van der Waals surface area contributed by atoms with Gasteiger partial charge < -0.3 is 20.3 Å². The molecule has 0 aromatic heterocycles. The zero-order valence-corrected chi connectivity index (χ0v) is 10.6. The lowest BCUT2D eigenvalue weighted by molar-refractivity contribution is 0.179. The lowest BCUT2D eigenvalue weighted by Gasteiger charge is -2.28. The molecule has 2 aliphatic heterocycles. The van der Waals surface area contributed by atoms with Crippen molar-refractivity contribution >= 4 is 6.03 Å². The van der Waals surface area contributed by atoms with Crippen LogP contribution in [0, 0.1) is 0 Å². The van der Waals surface area contributed by atoms with E-state index in [-0.39, 0.29) is 12.1 Å². The highest BCUT2D eigenvalue weighted by molar-refractivity contribution is 5.74. The van der Waals surface area contributed by atoms with Crippen LogP contribution >= 0.6 is 0 Å². The van der Waals surface area contributed by atoms with Crippen molar-refractivity contribution in [3.8, 4) is 0 Å². The van der Waals surface area contributed by atoms with Gasteiger partial charge in [-0.1, -0.05) is 6.42 Å². The van der Waals surface area contributed by atoms with E-state index in [0.29, 0.717) is 12.6 Å². The predicted molar refractivity (Wildman–Crippen MR) is 66.0 cm³/mol. The molecule has 0 aliphatic carbocycles. The summed E-state index contributed by atoms with van der Waals surface area (Å²) in [5.41, 5.74) is 0. The summed E-state index contributed by atoms with van der Waals surface area (Å²) < 4.78 is 5.24. The highest BCUT2D eigenvalue weighted by Gasteiger charge is 2.21. The number of carbonyl (C=O) groups is 1. The van der Waals surface area contributed by atoms with Gasteiger partial charge in [0.1, 0.15) is 0 Å². The maximum absolute atomic E-state index is 11.9. The summed E-state index contributed by atoms with van der Waals surface area (Å²) in [4.78, 5) is 13.7. The molecular weight excluding hydrogens is 218 g/mol. The van der Waals surface area contributed by atoms with E-state index < -0.39 is 0 Å². The Bertz CT molecular complexity index is 248. The lowest BCUT2D eigenvalue weighted by Crippen LogP contribution is -2.49. The van der Waals surface area contributed by atoms with Crippen molar-refractivity contribution in [2.45, 2.75) is 37.8 Å². The molecule has 2 N–H and O–H groups in total. The number of hydrogen-bond acceptors (Lipinski definition) is 3. The van der Waals surface area contributed by atoms with Crippen LogP contribution in [0.25, 0.3) is 0 Å². The van der Waals surface area contributed by atoms with E-state index in [9.17, 15) is 4.79 Å². The molecule has 2 unspecified atom stereocenters. The van der Waals surface area contributed by atoms with Crippen LogP contribution in [0.5, 0.6) is 0 Å². The van der Waals surface area contributed by atoms with Crippen LogP contribution in [-0.4, -0.2) is 56.4 Å². The normalized spacial score (nSPS) is 29.0. The van der Waals surface area contributed by atoms with Crippen LogP contribution in [-0.2, 0) is 4.74 Å². The highest BCUT2D eigenvalue weighted by atomic mass is 16.5. The van der Waals surface area contributed by atoms with Gasteiger partial charge in [0.15, 0.2) is 0 Å². The van der Waals surface area contributed by atoms with E-state index in [0.717, 1.165) is 26.1 Å². The lowest BCUT2D eigenvalue weighted by atomic mass is 10.0. The zero-order chi connectivity index (χ0) is 12.1. The maximum Gasteiger partial charge on any atom is 0.317 e. The van der Waals surface area contributed by atoms with Crippen LogP contribution < -0.4 is 10.6 Å². The molecule has 2 saturated heterocycles. The number of nitrogens with one attached hydrogen (secondary N) is 2. The SMILES string of the molecule is CN(CC1CCCCN1)C(=O)NC1CCOC1. The first-order valence-corrected chi connectivity index (χ1v) is 6.58. The van der Waals surface area contributed by atoms with Gasteiger partial charge in [-0.25, -0.2) is 4.79 Å². The molecule has 5 nitrogen and oxygen atoms in total. The Labute approximate surface area is 103 Å². The molecule has 0 saturated carbocycles. The molecule has 2 rings (SSSR count). The van der Waals surface area contributed by atoms with Crippen molar-refractivity contribution in [1.82, 2.24) is 15.5 Å². The third kappa shape index (κ3) is 3.85. The monoisotopic (exact) mass is 241 g/mol. The second-order valence-corrected chi connectivity index (χ2v) is 5.04. The molecule has 2 aliphatic rings. The van der Waals surface area contributed by atoms with Gasteiger partial charge in [-0.3, -0.25) is 0 Å². The van der Waals surface area contributed by atoms with Gasteiger partial charge in [-0.2, -0.15) is 0 Å². The van der Waals surface area contributed by atoms with E-state index in [1.807, 2.05) is 7.05 Å². The predicted octanol–water partition coefficient (Wildman–Crippen LogP) is 0.559. The van der Waals surface area contributed by atoms with Crippen LogP contribution in [0.3, 0.4) is 0 Å². The highest BCUT2D eigenvalue weighted by Crippen LogP contribution is 2.08. The van der Waals surface area contributed by atoms with Crippen LogP contribution in [0.2, 0.25) is 0 Å². The Balaban J connectivity index is 1.70. The summed E-state index contributed by atoms with van der Waals surface area (Å²) in [6.45, 7) is 3.29. The van der Waals surface area contributed by atoms with E-state index in [4.69, 9.17) is 4.74 Å². The van der Waals surface area contributed by atoms with Crippen molar-refractivity contribution < 1.29 is 9.53 Å². The molecule has 0 aromatic carbocycles. The van der Waals surface area contributed by atoms with Crippen LogP contribution in [0.1, 0.15) is 25.7 Å². The first-order chi connectivity index (χ1) is 8.25. The molecular formula is C12H23N3O2. The fourth-order valence-corrected chi connectivity index (χ4v) is 2.43. The van der Waals surface area contributed by atoms with Crippen molar-refractivity contribution in [3.63, 3.8) is 0 Å². The van der Waals surface area contributed by atoms with Crippen LogP contribution in [0.4, 0.5) is 4.79 Å². The Kier molecular flexibility index (Phi) is 4.62. The van der Waals surface area contributed by atoms with Gasteiger partial charge in [0.2, 0.25) is 0 Å². The fourth-order valence-electron chi connectivity index (χ4n) is 2.43. The van der Waals surface area contributed by atoms with Gasteiger partial charge in [0.25, 0.3) is 0 Å². The maximum atomic E-state index is 11.9. The number of piperidine rings is 1. The summed E-state index contributed by atoms with van der Waals surface area (Å²) in [5.74, 6) is 0. The summed E-state index contributed by atoms with van der Waals surface area (Å²) in [6.07, 6.45) is 4.63. The van der Waals surface area contributed by atoms with E-state index >= 15 is 0 Å². The topological polar surface area (TPSA) is 53.6 Å². The number of carbonyl (C=O) groups excluding carboxylic acids is 1. The third-order valence-corrected chi connectivity index (χ3v) is 3.51. The summed E-state index contributed by atoms with van der Waals surface area (Å²) in [7, 11) is 1.86. The smallest absolute Gasteiger partial charge is 0.317 e. The number of urea groups is 1. The number of amides is 2. The van der Waals surface area contributed by atoms with Gasteiger partial charge in [-0.05, 0) is 25.8 Å². The summed E-state index contributed by atoms with van der Waals surface area (Å²) >= 11 is 0. The minimum atomic E-state index is 0.0212. The number of hydrogen-bond donors (Lipinski definition) is 2. The average Bonchev–Trinajstić information content (AvgIpc) is 2.83. The fraction of sp³-hybridized carbons (Fsp3) is 0.917. The van der Waals surface area contributed by atoms with Crippen molar-refractivity contribution in [1.29, 1.82) is 0 Å². The first-order valence-electron chi connectivity index (χ1n) is 6.58. The van der Waals surface area contributed by atoms with Crippen molar-refractivity contribution in [2.24, 2.45) is 0 Å². The number of nitrogens with zero attached hydrogens (tertiary/aromatic N) is 1. The first kappa shape index (κ1) is 12.6. The quantitative estimate of drug-likeness (QED) is 0.759. The minimum Gasteiger partial charge on any atom is -0.379 e. The van der Waals surface area contributed by atoms with Gasteiger partial charge >= 0.3 is 6.03 Å². The second-order valence-electron chi connectivity index (χ2n) is 5.04.